The molecule has 3 aromatic carbocycles. The zero-order valence-corrected chi connectivity index (χ0v) is 18.9. The number of aromatic hydroxyl groups is 4. The van der Waals surface area contributed by atoms with Crippen molar-refractivity contribution >= 4 is 16.9 Å². The standard InChI is InChI=1S/C27H22O8/c1-12(2)13-3-5-14(6-4-13)16-10-21(31)34-20-11-19(30)23-24(32)25(33)26(35-27(23)22(16)20)15-7-8-17(28)18(29)9-15/h3-9,11-12,16,28-30,33H,10H2,1-2H3. The summed E-state index contributed by atoms with van der Waals surface area (Å²) in [7, 11) is 0. The van der Waals surface area contributed by atoms with Gasteiger partial charge in [-0.25, -0.2) is 0 Å². The molecule has 0 aliphatic carbocycles. The molecule has 0 fully saturated rings. The summed E-state index contributed by atoms with van der Waals surface area (Å²) < 4.78 is 11.4. The van der Waals surface area contributed by atoms with Gasteiger partial charge in [-0.05, 0) is 35.2 Å². The minimum absolute atomic E-state index is 0.0200. The predicted octanol–water partition coefficient (Wildman–Crippen LogP) is 4.85. The van der Waals surface area contributed by atoms with Gasteiger partial charge < -0.3 is 29.6 Å². The maximum Gasteiger partial charge on any atom is 0.312 e. The maximum absolute atomic E-state index is 13.1. The fourth-order valence-corrected chi connectivity index (χ4v) is 4.44. The van der Waals surface area contributed by atoms with Crippen molar-refractivity contribution in [2.75, 3.05) is 0 Å². The van der Waals surface area contributed by atoms with Crippen molar-refractivity contribution in [3.05, 3.63) is 75.4 Å². The summed E-state index contributed by atoms with van der Waals surface area (Å²) in [5.74, 6) is -3.08. The van der Waals surface area contributed by atoms with Crippen LogP contribution in [-0.4, -0.2) is 26.4 Å². The van der Waals surface area contributed by atoms with Crippen LogP contribution in [0.5, 0.6) is 28.7 Å². The first-order valence-corrected chi connectivity index (χ1v) is 11.0. The Labute approximate surface area is 199 Å². The van der Waals surface area contributed by atoms with E-state index in [0.29, 0.717) is 11.5 Å². The summed E-state index contributed by atoms with van der Waals surface area (Å²) in [5.41, 5.74) is 1.49. The van der Waals surface area contributed by atoms with Crippen molar-refractivity contribution in [3.8, 4) is 40.1 Å². The predicted molar refractivity (Wildman–Crippen MR) is 127 cm³/mol. The van der Waals surface area contributed by atoms with E-state index >= 15 is 0 Å². The van der Waals surface area contributed by atoms with E-state index in [9.17, 15) is 30.0 Å². The summed E-state index contributed by atoms with van der Waals surface area (Å²) >= 11 is 0. The highest BCUT2D eigenvalue weighted by atomic mass is 16.5. The molecule has 178 valence electrons. The van der Waals surface area contributed by atoms with Crippen molar-refractivity contribution < 1.29 is 34.4 Å². The van der Waals surface area contributed by atoms with Gasteiger partial charge in [0.05, 0.1) is 6.42 Å². The van der Waals surface area contributed by atoms with Crippen LogP contribution in [0, 0.1) is 0 Å². The molecule has 4 aromatic rings. The normalized spacial score (nSPS) is 15.3. The highest BCUT2D eigenvalue weighted by molar-refractivity contribution is 5.94. The Balaban J connectivity index is 1.80. The Hall–Kier alpha value is -4.46. The average Bonchev–Trinajstić information content (AvgIpc) is 2.82. The molecule has 0 radical (unpaired) electrons. The lowest BCUT2D eigenvalue weighted by Crippen LogP contribution is -2.22. The van der Waals surface area contributed by atoms with Crippen molar-refractivity contribution in [1.29, 1.82) is 0 Å². The molecular formula is C27H22O8. The number of carbonyl (C=O) groups is 1. The molecule has 1 aliphatic rings. The third-order valence-corrected chi connectivity index (χ3v) is 6.31. The molecule has 0 saturated carbocycles. The fraction of sp³-hybridized carbons (Fsp3) is 0.185. The van der Waals surface area contributed by atoms with E-state index < -0.39 is 34.6 Å². The van der Waals surface area contributed by atoms with Gasteiger partial charge in [0.2, 0.25) is 11.2 Å². The molecule has 0 saturated heterocycles. The Morgan fingerprint density at radius 1 is 0.886 bits per heavy atom. The van der Waals surface area contributed by atoms with Crippen molar-refractivity contribution in [2.45, 2.75) is 32.1 Å². The van der Waals surface area contributed by atoms with Gasteiger partial charge in [0.15, 0.2) is 17.3 Å². The Kier molecular flexibility index (Phi) is 5.16. The molecule has 35 heavy (non-hydrogen) atoms. The first kappa shape index (κ1) is 22.3. The number of phenolic OH excluding ortho intramolecular Hbond substituents is 3. The summed E-state index contributed by atoms with van der Waals surface area (Å²) in [6.07, 6.45) is -0.0200. The first-order chi connectivity index (χ1) is 16.7. The van der Waals surface area contributed by atoms with E-state index in [-0.39, 0.29) is 40.2 Å². The summed E-state index contributed by atoms with van der Waals surface area (Å²) in [5, 5.41) is 40.5. The zero-order chi connectivity index (χ0) is 25.0. The fourth-order valence-electron chi connectivity index (χ4n) is 4.44. The second-order valence-electron chi connectivity index (χ2n) is 8.88. The van der Waals surface area contributed by atoms with Gasteiger partial charge >= 0.3 is 5.97 Å². The second-order valence-corrected chi connectivity index (χ2v) is 8.88. The number of hydrogen-bond donors (Lipinski definition) is 4. The van der Waals surface area contributed by atoms with Crippen LogP contribution < -0.4 is 10.2 Å². The first-order valence-electron chi connectivity index (χ1n) is 11.0. The number of benzene rings is 3. The SMILES string of the molecule is CC(C)c1ccc(C2CC(=O)Oc3cc(O)c4c(=O)c(O)c(-c5ccc(O)c(O)c5)oc4c32)cc1. The van der Waals surface area contributed by atoms with Crippen LogP contribution in [0.15, 0.2) is 57.7 Å². The molecule has 8 heteroatoms. The van der Waals surface area contributed by atoms with E-state index in [0.717, 1.165) is 17.2 Å². The molecule has 1 unspecified atom stereocenters. The number of phenols is 3. The molecule has 2 heterocycles. The van der Waals surface area contributed by atoms with Crippen LogP contribution >= 0.6 is 0 Å². The van der Waals surface area contributed by atoms with Crippen LogP contribution in [0.25, 0.3) is 22.3 Å². The Morgan fingerprint density at radius 2 is 1.60 bits per heavy atom. The monoisotopic (exact) mass is 474 g/mol. The van der Waals surface area contributed by atoms with Crippen LogP contribution in [0.1, 0.15) is 48.8 Å². The average molecular weight is 474 g/mol. The smallest absolute Gasteiger partial charge is 0.312 e. The number of hydrogen-bond acceptors (Lipinski definition) is 8. The van der Waals surface area contributed by atoms with E-state index in [1.165, 1.54) is 18.2 Å². The number of ether oxygens (including phenoxy) is 1. The van der Waals surface area contributed by atoms with Gasteiger partial charge in [-0.3, -0.25) is 9.59 Å². The maximum atomic E-state index is 13.1. The number of fused-ring (bicyclic) bond motifs is 3. The molecule has 8 nitrogen and oxygen atoms in total. The molecular weight excluding hydrogens is 452 g/mol. The summed E-state index contributed by atoms with van der Waals surface area (Å²) in [4.78, 5) is 25.5. The van der Waals surface area contributed by atoms with E-state index in [1.54, 1.807) is 0 Å². The van der Waals surface area contributed by atoms with Crippen molar-refractivity contribution in [1.82, 2.24) is 0 Å². The number of esters is 1. The van der Waals surface area contributed by atoms with Crippen LogP contribution in [0.3, 0.4) is 0 Å². The largest absolute Gasteiger partial charge is 0.507 e. The third-order valence-electron chi connectivity index (χ3n) is 6.31. The Bertz CT molecular complexity index is 1550. The lowest BCUT2D eigenvalue weighted by molar-refractivity contribution is -0.135. The molecule has 1 atom stereocenters. The van der Waals surface area contributed by atoms with E-state index in [1.807, 2.05) is 24.3 Å². The second kappa shape index (κ2) is 8.09. The molecule has 1 aromatic heterocycles. The van der Waals surface area contributed by atoms with Gasteiger partial charge in [-0.2, -0.15) is 0 Å². The quantitative estimate of drug-likeness (QED) is 0.188. The minimum atomic E-state index is -0.889. The molecule has 0 amide bonds. The topological polar surface area (TPSA) is 137 Å². The lowest BCUT2D eigenvalue weighted by atomic mass is 9.84. The molecule has 0 spiro atoms. The highest BCUT2D eigenvalue weighted by Gasteiger charge is 2.34. The van der Waals surface area contributed by atoms with Gasteiger partial charge in [0, 0.05) is 23.1 Å². The van der Waals surface area contributed by atoms with Crippen LogP contribution in [0.2, 0.25) is 0 Å². The van der Waals surface area contributed by atoms with E-state index in [4.69, 9.17) is 9.15 Å². The molecule has 5 rings (SSSR count). The van der Waals surface area contributed by atoms with Gasteiger partial charge in [0.1, 0.15) is 22.5 Å². The number of rotatable bonds is 3. The van der Waals surface area contributed by atoms with Crippen LogP contribution in [0.4, 0.5) is 0 Å². The zero-order valence-electron chi connectivity index (χ0n) is 18.9. The summed E-state index contributed by atoms with van der Waals surface area (Å²) in [6.45, 7) is 4.14. The van der Waals surface area contributed by atoms with Gasteiger partial charge in [-0.1, -0.05) is 38.1 Å². The summed E-state index contributed by atoms with van der Waals surface area (Å²) in [6, 6.07) is 12.6. The minimum Gasteiger partial charge on any atom is -0.507 e. The van der Waals surface area contributed by atoms with Crippen LogP contribution in [-0.2, 0) is 4.79 Å². The van der Waals surface area contributed by atoms with Gasteiger partial charge in [-0.15, -0.1) is 0 Å². The molecule has 4 N–H and O–H groups in total. The third kappa shape index (κ3) is 3.63. The number of carbonyl (C=O) groups excluding carboxylic acids is 1. The van der Waals surface area contributed by atoms with E-state index in [2.05, 4.69) is 13.8 Å². The Morgan fingerprint density at radius 3 is 2.26 bits per heavy atom. The highest BCUT2D eigenvalue weighted by Crippen LogP contribution is 2.47. The molecule has 0 bridgehead atoms. The van der Waals surface area contributed by atoms with Crippen molar-refractivity contribution in [2.24, 2.45) is 0 Å². The van der Waals surface area contributed by atoms with Crippen molar-refractivity contribution in [3.63, 3.8) is 0 Å². The lowest BCUT2D eigenvalue weighted by Gasteiger charge is -2.26. The van der Waals surface area contributed by atoms with Gasteiger partial charge in [0.25, 0.3) is 0 Å². The molecule has 1 aliphatic heterocycles.